The summed E-state index contributed by atoms with van der Waals surface area (Å²) in [7, 11) is 0. The van der Waals surface area contributed by atoms with E-state index in [4.69, 9.17) is 5.73 Å². The van der Waals surface area contributed by atoms with Gasteiger partial charge >= 0.3 is 0 Å². The quantitative estimate of drug-likeness (QED) is 0.878. The maximum Gasteiger partial charge on any atom is 0.274 e. The number of nitrogens with zero attached hydrogens (tertiary/aromatic N) is 2. The lowest BCUT2D eigenvalue weighted by molar-refractivity contribution is -0.118. The van der Waals surface area contributed by atoms with Crippen LogP contribution in [0, 0.1) is 0 Å². The molecule has 6 heteroatoms. The molecule has 2 amide bonds. The van der Waals surface area contributed by atoms with E-state index in [9.17, 15) is 9.59 Å². The molecule has 0 radical (unpaired) electrons. The minimum atomic E-state index is -0.478. The molecular weight excluding hydrogens is 322 g/mol. The Labute approximate surface area is 144 Å². The van der Waals surface area contributed by atoms with E-state index in [1.54, 1.807) is 16.2 Å². The predicted octanol–water partition coefficient (Wildman–Crippen LogP) is 2.78. The van der Waals surface area contributed by atoms with Crippen LogP contribution >= 0.6 is 11.3 Å². The van der Waals surface area contributed by atoms with Crippen LogP contribution in [0.3, 0.4) is 0 Å². The Morgan fingerprint density at radius 2 is 1.88 bits per heavy atom. The van der Waals surface area contributed by atoms with Crippen LogP contribution in [0.5, 0.6) is 0 Å². The fraction of sp³-hybridized carbons (Fsp3) is 0.389. The molecule has 0 atom stereocenters. The smallest absolute Gasteiger partial charge is 0.274 e. The standard InChI is InChI=1S/C18H19N3O2S/c19-14(22)10-21(13-8-9-13)18(23)15-16(11-4-2-1-3-5-11)24-17(20-15)12-6-7-12/h1-5,12-13H,6-10H2,(H2,19,22). The lowest BCUT2D eigenvalue weighted by Crippen LogP contribution is -2.40. The number of hydrogen-bond acceptors (Lipinski definition) is 4. The topological polar surface area (TPSA) is 76.3 Å². The van der Waals surface area contributed by atoms with Crippen molar-refractivity contribution in [3.05, 3.63) is 41.0 Å². The lowest BCUT2D eigenvalue weighted by Gasteiger charge is -2.20. The Morgan fingerprint density at radius 3 is 2.46 bits per heavy atom. The SMILES string of the molecule is NC(=O)CN(C(=O)c1nc(C2CC2)sc1-c1ccccc1)C1CC1. The summed E-state index contributed by atoms with van der Waals surface area (Å²) >= 11 is 1.61. The van der Waals surface area contributed by atoms with Gasteiger partial charge in [-0.25, -0.2) is 4.98 Å². The molecule has 2 saturated carbocycles. The molecule has 0 aliphatic heterocycles. The highest BCUT2D eigenvalue weighted by molar-refractivity contribution is 7.15. The minimum absolute atomic E-state index is 0.0337. The van der Waals surface area contributed by atoms with E-state index < -0.39 is 5.91 Å². The van der Waals surface area contributed by atoms with E-state index in [0.29, 0.717) is 11.6 Å². The van der Waals surface area contributed by atoms with Crippen LogP contribution in [-0.2, 0) is 4.79 Å². The molecule has 1 aromatic carbocycles. The summed E-state index contributed by atoms with van der Waals surface area (Å²) in [6, 6.07) is 9.99. The van der Waals surface area contributed by atoms with Crippen molar-refractivity contribution in [3.63, 3.8) is 0 Å². The molecule has 2 fully saturated rings. The Balaban J connectivity index is 1.72. The van der Waals surface area contributed by atoms with Crippen LogP contribution in [0.4, 0.5) is 0 Å². The number of amides is 2. The number of thiazole rings is 1. The van der Waals surface area contributed by atoms with Gasteiger partial charge in [-0.3, -0.25) is 9.59 Å². The van der Waals surface area contributed by atoms with Crippen LogP contribution in [0.2, 0.25) is 0 Å². The summed E-state index contributed by atoms with van der Waals surface area (Å²) in [5.74, 6) is -0.156. The maximum atomic E-state index is 13.1. The van der Waals surface area contributed by atoms with Crippen LogP contribution in [0.25, 0.3) is 10.4 Å². The number of aromatic nitrogens is 1. The highest BCUT2D eigenvalue weighted by Gasteiger charge is 2.37. The van der Waals surface area contributed by atoms with E-state index in [-0.39, 0.29) is 18.5 Å². The van der Waals surface area contributed by atoms with E-state index in [2.05, 4.69) is 4.98 Å². The second kappa shape index (κ2) is 6.02. The highest BCUT2D eigenvalue weighted by atomic mass is 32.1. The summed E-state index contributed by atoms with van der Waals surface area (Å²) in [4.78, 5) is 31.6. The van der Waals surface area contributed by atoms with Gasteiger partial charge in [-0.05, 0) is 31.2 Å². The van der Waals surface area contributed by atoms with E-state index in [1.807, 2.05) is 30.3 Å². The third kappa shape index (κ3) is 3.06. The van der Waals surface area contributed by atoms with Gasteiger partial charge in [0.05, 0.1) is 16.4 Å². The zero-order valence-electron chi connectivity index (χ0n) is 13.3. The second-order valence-corrected chi connectivity index (χ2v) is 7.53. The average molecular weight is 341 g/mol. The first kappa shape index (κ1) is 15.3. The van der Waals surface area contributed by atoms with Crippen molar-refractivity contribution >= 4 is 23.2 Å². The first-order valence-electron chi connectivity index (χ1n) is 8.29. The molecule has 1 aromatic heterocycles. The summed E-state index contributed by atoms with van der Waals surface area (Å²) < 4.78 is 0. The van der Waals surface area contributed by atoms with Crippen molar-refractivity contribution < 1.29 is 9.59 Å². The van der Waals surface area contributed by atoms with Crippen molar-refractivity contribution in [2.45, 2.75) is 37.6 Å². The average Bonchev–Trinajstić information content (AvgIpc) is 3.50. The molecule has 0 saturated heterocycles. The fourth-order valence-corrected chi connectivity index (χ4v) is 4.06. The normalized spacial score (nSPS) is 16.8. The first-order valence-corrected chi connectivity index (χ1v) is 9.10. The zero-order valence-corrected chi connectivity index (χ0v) is 14.1. The van der Waals surface area contributed by atoms with Crippen molar-refractivity contribution in [3.8, 4) is 10.4 Å². The molecule has 0 unspecified atom stereocenters. The van der Waals surface area contributed by atoms with Crippen molar-refractivity contribution in [1.29, 1.82) is 0 Å². The molecule has 4 rings (SSSR count). The molecule has 24 heavy (non-hydrogen) atoms. The summed E-state index contributed by atoms with van der Waals surface area (Å²) in [5, 5.41) is 1.03. The summed E-state index contributed by atoms with van der Waals surface area (Å²) in [5.41, 5.74) is 6.81. The van der Waals surface area contributed by atoms with Crippen LogP contribution in [0.15, 0.2) is 30.3 Å². The van der Waals surface area contributed by atoms with Gasteiger partial charge in [0.1, 0.15) is 5.69 Å². The molecule has 2 aliphatic rings. The molecule has 2 N–H and O–H groups in total. The number of carbonyl (C=O) groups excluding carboxylic acids is 2. The number of nitrogens with two attached hydrogens (primary N) is 1. The Hall–Kier alpha value is -2.21. The third-order valence-electron chi connectivity index (χ3n) is 4.38. The molecule has 0 spiro atoms. The van der Waals surface area contributed by atoms with E-state index in [0.717, 1.165) is 41.1 Å². The monoisotopic (exact) mass is 341 g/mol. The molecule has 1 heterocycles. The van der Waals surface area contributed by atoms with Gasteiger partial charge in [0.15, 0.2) is 0 Å². The number of rotatable bonds is 6. The summed E-state index contributed by atoms with van der Waals surface area (Å²) in [6.07, 6.45) is 4.14. The predicted molar refractivity (Wildman–Crippen MR) is 92.8 cm³/mol. The molecule has 2 aromatic rings. The number of carbonyl (C=O) groups is 2. The molecular formula is C18H19N3O2S. The van der Waals surface area contributed by atoms with Gasteiger partial charge in [-0.15, -0.1) is 11.3 Å². The minimum Gasteiger partial charge on any atom is -0.368 e. The fourth-order valence-electron chi connectivity index (χ4n) is 2.83. The van der Waals surface area contributed by atoms with Crippen molar-refractivity contribution in [2.24, 2.45) is 5.73 Å². The van der Waals surface area contributed by atoms with Crippen molar-refractivity contribution in [1.82, 2.24) is 9.88 Å². The highest BCUT2D eigenvalue weighted by Crippen LogP contribution is 2.45. The molecule has 5 nitrogen and oxygen atoms in total. The number of hydrogen-bond donors (Lipinski definition) is 1. The zero-order chi connectivity index (χ0) is 16.7. The molecule has 124 valence electrons. The van der Waals surface area contributed by atoms with Crippen LogP contribution in [0.1, 0.15) is 47.1 Å². The Kier molecular flexibility index (Phi) is 3.84. The molecule has 0 bridgehead atoms. The largest absolute Gasteiger partial charge is 0.368 e. The Bertz CT molecular complexity index is 779. The van der Waals surface area contributed by atoms with Gasteiger partial charge in [0.25, 0.3) is 5.91 Å². The van der Waals surface area contributed by atoms with Crippen LogP contribution in [-0.4, -0.2) is 34.3 Å². The number of benzene rings is 1. The van der Waals surface area contributed by atoms with Crippen molar-refractivity contribution in [2.75, 3.05) is 6.54 Å². The van der Waals surface area contributed by atoms with E-state index >= 15 is 0 Å². The summed E-state index contributed by atoms with van der Waals surface area (Å²) in [6.45, 7) is -0.0337. The number of primary amides is 1. The van der Waals surface area contributed by atoms with Gasteiger partial charge in [-0.2, -0.15) is 0 Å². The van der Waals surface area contributed by atoms with Crippen LogP contribution < -0.4 is 5.73 Å². The van der Waals surface area contributed by atoms with Gasteiger partial charge in [-0.1, -0.05) is 30.3 Å². The molecule has 2 aliphatic carbocycles. The van der Waals surface area contributed by atoms with E-state index in [1.165, 1.54) is 0 Å². The second-order valence-electron chi connectivity index (χ2n) is 6.50. The third-order valence-corrected chi connectivity index (χ3v) is 5.65. The van der Waals surface area contributed by atoms with Gasteiger partial charge < -0.3 is 10.6 Å². The Morgan fingerprint density at radius 1 is 1.17 bits per heavy atom. The first-order chi connectivity index (χ1) is 11.6. The van der Waals surface area contributed by atoms with Gasteiger partial charge in [0, 0.05) is 12.0 Å². The maximum absolute atomic E-state index is 13.1. The van der Waals surface area contributed by atoms with Gasteiger partial charge in [0.2, 0.25) is 5.91 Å². The lowest BCUT2D eigenvalue weighted by atomic mass is 10.1.